The summed E-state index contributed by atoms with van der Waals surface area (Å²) in [5.74, 6) is 0.431. The normalized spacial score (nSPS) is 11.0. The monoisotopic (exact) mass is 379 g/mol. The third-order valence-electron chi connectivity index (χ3n) is 4.43. The van der Waals surface area contributed by atoms with E-state index in [1.54, 1.807) is 6.92 Å². The van der Waals surface area contributed by atoms with Crippen LogP contribution >= 0.6 is 11.6 Å². The van der Waals surface area contributed by atoms with Gasteiger partial charge in [-0.05, 0) is 49.2 Å². The molecule has 0 aliphatic rings. The minimum atomic E-state index is -0.264. The number of rotatable bonds is 5. The van der Waals surface area contributed by atoms with Crippen molar-refractivity contribution < 1.29 is 9.21 Å². The summed E-state index contributed by atoms with van der Waals surface area (Å²) < 4.78 is 5.69. The van der Waals surface area contributed by atoms with E-state index in [0.29, 0.717) is 29.6 Å². The first-order chi connectivity index (χ1) is 13.1. The standard InChI is InChI=1S/C21H18ClN3O2/c1-13-19(27-21(25-13)14-5-3-2-4-6-14)20(26)23-10-9-15-12-24-18-8-7-16(22)11-17(15)18/h2-8,11-12,24H,9-10H2,1H3,(H,23,26). The number of hydrogen-bond acceptors (Lipinski definition) is 3. The number of aromatic nitrogens is 2. The number of H-pyrrole nitrogens is 1. The van der Waals surface area contributed by atoms with Crippen LogP contribution in [0, 0.1) is 6.92 Å². The number of nitrogens with zero attached hydrogens (tertiary/aromatic N) is 1. The minimum absolute atomic E-state index is 0.246. The van der Waals surface area contributed by atoms with E-state index < -0.39 is 0 Å². The lowest BCUT2D eigenvalue weighted by atomic mass is 10.1. The van der Waals surface area contributed by atoms with E-state index in [2.05, 4.69) is 15.3 Å². The number of oxazole rings is 1. The molecular formula is C21H18ClN3O2. The van der Waals surface area contributed by atoms with Crippen LogP contribution in [0.25, 0.3) is 22.4 Å². The Balaban J connectivity index is 1.44. The molecule has 0 atom stereocenters. The van der Waals surface area contributed by atoms with E-state index in [0.717, 1.165) is 22.0 Å². The Labute approximate surface area is 161 Å². The van der Waals surface area contributed by atoms with Crippen LogP contribution in [0.3, 0.4) is 0 Å². The van der Waals surface area contributed by atoms with Gasteiger partial charge in [0.1, 0.15) is 0 Å². The molecular weight excluding hydrogens is 362 g/mol. The van der Waals surface area contributed by atoms with Crippen LogP contribution in [0.2, 0.25) is 5.02 Å². The Morgan fingerprint density at radius 2 is 2.04 bits per heavy atom. The molecule has 4 aromatic rings. The molecule has 0 fully saturated rings. The number of aryl methyl sites for hydroxylation is 1. The lowest BCUT2D eigenvalue weighted by molar-refractivity contribution is 0.0926. The number of carbonyl (C=O) groups excluding carboxylic acids is 1. The molecule has 0 unspecified atom stereocenters. The smallest absolute Gasteiger partial charge is 0.289 e. The lowest BCUT2D eigenvalue weighted by Crippen LogP contribution is -2.25. The second kappa shape index (κ2) is 7.29. The largest absolute Gasteiger partial charge is 0.431 e. The number of carbonyl (C=O) groups is 1. The Bertz CT molecular complexity index is 1100. The third kappa shape index (κ3) is 3.59. The molecule has 6 heteroatoms. The maximum Gasteiger partial charge on any atom is 0.289 e. The zero-order chi connectivity index (χ0) is 18.8. The summed E-state index contributed by atoms with van der Waals surface area (Å²) in [5, 5.41) is 4.66. The van der Waals surface area contributed by atoms with Crippen molar-refractivity contribution >= 4 is 28.4 Å². The first kappa shape index (κ1) is 17.4. The fourth-order valence-corrected chi connectivity index (χ4v) is 3.23. The first-order valence-corrected chi connectivity index (χ1v) is 9.06. The molecule has 0 aliphatic heterocycles. The van der Waals surface area contributed by atoms with E-state index >= 15 is 0 Å². The van der Waals surface area contributed by atoms with Crippen LogP contribution < -0.4 is 5.32 Å². The van der Waals surface area contributed by atoms with E-state index in [-0.39, 0.29) is 11.7 Å². The molecule has 0 saturated carbocycles. The second-order valence-electron chi connectivity index (χ2n) is 6.31. The van der Waals surface area contributed by atoms with Crippen molar-refractivity contribution in [3.05, 3.63) is 76.8 Å². The van der Waals surface area contributed by atoms with E-state index in [4.69, 9.17) is 16.0 Å². The van der Waals surface area contributed by atoms with Gasteiger partial charge in [0.05, 0.1) is 5.69 Å². The molecule has 136 valence electrons. The van der Waals surface area contributed by atoms with Gasteiger partial charge in [-0.2, -0.15) is 0 Å². The predicted octanol–water partition coefficient (Wildman–Crippen LogP) is 4.76. The number of aromatic amines is 1. The Kier molecular flexibility index (Phi) is 4.69. The van der Waals surface area contributed by atoms with Crippen LogP contribution in [0.15, 0.2) is 59.1 Å². The molecule has 2 heterocycles. The summed E-state index contributed by atoms with van der Waals surface area (Å²) in [6, 6.07) is 15.3. The highest BCUT2D eigenvalue weighted by atomic mass is 35.5. The van der Waals surface area contributed by atoms with Gasteiger partial charge in [-0.1, -0.05) is 29.8 Å². The summed E-state index contributed by atoms with van der Waals surface area (Å²) in [5.41, 5.74) is 3.55. The number of halogens is 1. The quantitative estimate of drug-likeness (QED) is 0.525. The molecule has 27 heavy (non-hydrogen) atoms. The highest BCUT2D eigenvalue weighted by molar-refractivity contribution is 6.31. The van der Waals surface area contributed by atoms with Crippen molar-refractivity contribution in [1.29, 1.82) is 0 Å². The number of fused-ring (bicyclic) bond motifs is 1. The van der Waals surface area contributed by atoms with Crippen molar-refractivity contribution in [3.8, 4) is 11.5 Å². The topological polar surface area (TPSA) is 70.9 Å². The van der Waals surface area contributed by atoms with Crippen molar-refractivity contribution in [2.45, 2.75) is 13.3 Å². The lowest BCUT2D eigenvalue weighted by Gasteiger charge is -2.03. The van der Waals surface area contributed by atoms with Gasteiger partial charge >= 0.3 is 0 Å². The van der Waals surface area contributed by atoms with Gasteiger partial charge in [-0.3, -0.25) is 4.79 Å². The molecule has 0 radical (unpaired) electrons. The highest BCUT2D eigenvalue weighted by Crippen LogP contribution is 2.23. The van der Waals surface area contributed by atoms with Gasteiger partial charge in [0.15, 0.2) is 0 Å². The SMILES string of the molecule is Cc1nc(-c2ccccc2)oc1C(=O)NCCc1c[nH]c2ccc(Cl)cc12. The van der Waals surface area contributed by atoms with Gasteiger partial charge in [-0.25, -0.2) is 4.98 Å². The zero-order valence-corrected chi connectivity index (χ0v) is 15.5. The average Bonchev–Trinajstić information content (AvgIpc) is 3.26. The van der Waals surface area contributed by atoms with Crippen LogP contribution in [0.4, 0.5) is 0 Å². The number of benzene rings is 2. The molecule has 2 N–H and O–H groups in total. The molecule has 1 amide bonds. The molecule has 4 rings (SSSR count). The van der Waals surface area contributed by atoms with Crippen molar-refractivity contribution in [2.75, 3.05) is 6.54 Å². The van der Waals surface area contributed by atoms with Crippen molar-refractivity contribution in [3.63, 3.8) is 0 Å². The number of amides is 1. The summed E-state index contributed by atoms with van der Waals surface area (Å²) in [6.07, 6.45) is 2.63. The first-order valence-electron chi connectivity index (χ1n) is 8.68. The van der Waals surface area contributed by atoms with Crippen LogP contribution in [0.5, 0.6) is 0 Å². The maximum atomic E-state index is 12.5. The predicted molar refractivity (Wildman–Crippen MR) is 106 cm³/mol. The minimum Gasteiger partial charge on any atom is -0.431 e. The van der Waals surface area contributed by atoms with E-state index in [1.165, 1.54) is 0 Å². The fourth-order valence-electron chi connectivity index (χ4n) is 3.06. The molecule has 0 bridgehead atoms. The number of nitrogens with one attached hydrogen (secondary N) is 2. The molecule has 5 nitrogen and oxygen atoms in total. The van der Waals surface area contributed by atoms with Gasteiger partial charge < -0.3 is 14.7 Å². The van der Waals surface area contributed by atoms with Gasteiger partial charge in [-0.15, -0.1) is 0 Å². The summed E-state index contributed by atoms with van der Waals surface area (Å²) in [6.45, 7) is 2.26. The summed E-state index contributed by atoms with van der Waals surface area (Å²) in [4.78, 5) is 20.1. The molecule has 2 aromatic carbocycles. The zero-order valence-electron chi connectivity index (χ0n) is 14.8. The molecule has 0 spiro atoms. The van der Waals surface area contributed by atoms with E-state index in [9.17, 15) is 4.79 Å². The fraction of sp³-hybridized carbons (Fsp3) is 0.143. The third-order valence-corrected chi connectivity index (χ3v) is 4.67. The van der Waals surface area contributed by atoms with Gasteiger partial charge in [0.2, 0.25) is 11.7 Å². The van der Waals surface area contributed by atoms with Gasteiger partial charge in [0, 0.05) is 34.2 Å². The average molecular weight is 380 g/mol. The number of hydrogen-bond donors (Lipinski definition) is 2. The second-order valence-corrected chi connectivity index (χ2v) is 6.75. The summed E-state index contributed by atoms with van der Waals surface area (Å²) >= 11 is 6.08. The van der Waals surface area contributed by atoms with E-state index in [1.807, 2.05) is 54.7 Å². The van der Waals surface area contributed by atoms with Crippen LogP contribution in [-0.4, -0.2) is 22.4 Å². The maximum absolute atomic E-state index is 12.5. The van der Waals surface area contributed by atoms with Gasteiger partial charge in [0.25, 0.3) is 5.91 Å². The summed E-state index contributed by atoms with van der Waals surface area (Å²) in [7, 11) is 0. The molecule has 0 aliphatic carbocycles. The highest BCUT2D eigenvalue weighted by Gasteiger charge is 2.18. The van der Waals surface area contributed by atoms with Crippen LogP contribution in [-0.2, 0) is 6.42 Å². The van der Waals surface area contributed by atoms with Crippen LogP contribution in [0.1, 0.15) is 21.8 Å². The Morgan fingerprint density at radius 3 is 2.85 bits per heavy atom. The molecule has 2 aromatic heterocycles. The van der Waals surface area contributed by atoms with Crippen molar-refractivity contribution in [1.82, 2.24) is 15.3 Å². The Hall–Kier alpha value is -3.05. The Morgan fingerprint density at radius 1 is 1.22 bits per heavy atom. The van der Waals surface area contributed by atoms with Crippen molar-refractivity contribution in [2.24, 2.45) is 0 Å². The molecule has 0 saturated heterocycles.